The predicted octanol–water partition coefficient (Wildman–Crippen LogP) is 1.53. The molecule has 0 amide bonds. The molecule has 5 nitrogen and oxygen atoms in total. The summed E-state index contributed by atoms with van der Waals surface area (Å²) in [7, 11) is 0. The van der Waals surface area contributed by atoms with Gasteiger partial charge in [0.05, 0.1) is 0 Å². The zero-order valence-electron chi connectivity index (χ0n) is 8.21. The van der Waals surface area contributed by atoms with Crippen molar-refractivity contribution in [2.75, 3.05) is 5.75 Å². The van der Waals surface area contributed by atoms with Gasteiger partial charge in [-0.25, -0.2) is 0 Å². The molecule has 1 saturated heterocycles. The van der Waals surface area contributed by atoms with E-state index in [9.17, 15) is 4.79 Å². The van der Waals surface area contributed by atoms with Crippen LogP contribution in [0.5, 0.6) is 0 Å². The Morgan fingerprint density at radius 2 is 2.47 bits per heavy atom. The van der Waals surface area contributed by atoms with Crippen molar-refractivity contribution in [1.29, 1.82) is 0 Å². The Hall–Kier alpha value is 0.432. The van der Waals surface area contributed by atoms with E-state index in [4.69, 9.17) is 10.5 Å². The zero-order chi connectivity index (χ0) is 10.1. The van der Waals surface area contributed by atoms with E-state index in [1.807, 2.05) is 6.92 Å². The van der Waals surface area contributed by atoms with Gasteiger partial charge in [0.1, 0.15) is 11.7 Å². The van der Waals surface area contributed by atoms with Gasteiger partial charge in [-0.05, 0) is 13.0 Å². The molecule has 1 fully saturated rings. The van der Waals surface area contributed by atoms with Crippen molar-refractivity contribution in [2.45, 2.75) is 18.6 Å². The molecule has 2 heterocycles. The molecular weight excluding hydrogens is 429 g/mol. The van der Waals surface area contributed by atoms with Crippen LogP contribution < -0.4 is 5.69 Å². The van der Waals surface area contributed by atoms with Crippen molar-refractivity contribution in [2.24, 2.45) is 0 Å². The minimum absolute atomic E-state index is 0. The number of aromatic nitrogens is 2. The largest absolute Gasteiger partial charge is 0.482 e. The Morgan fingerprint density at radius 1 is 1.73 bits per heavy atom. The third-order valence-electron chi connectivity index (χ3n) is 1.96. The molecule has 1 aliphatic heterocycles. The molecule has 0 saturated carbocycles. The van der Waals surface area contributed by atoms with Crippen LogP contribution in [0.25, 0.3) is 5.73 Å². The third-order valence-corrected chi connectivity index (χ3v) is 3.02. The molecule has 2 rings (SSSR count). The normalized spacial score (nSPS) is 24.9. The summed E-state index contributed by atoms with van der Waals surface area (Å²) >= 11 is 1.66. The van der Waals surface area contributed by atoms with Crippen LogP contribution in [0.2, 0.25) is 0 Å². The Morgan fingerprint density at radius 3 is 3.00 bits per heavy atom. The van der Waals surface area contributed by atoms with E-state index in [0.29, 0.717) is 0 Å². The molecule has 1 aliphatic rings. The monoisotopic (exact) mass is 439 g/mol. The molecule has 1 radical (unpaired) electrons. The Balaban J connectivity index is 0.00000112. The van der Waals surface area contributed by atoms with Crippen molar-refractivity contribution in [1.82, 2.24) is 9.55 Å². The number of rotatable bonds is 1. The van der Waals surface area contributed by atoms with Gasteiger partial charge in [0.25, 0.3) is 0 Å². The van der Waals surface area contributed by atoms with Crippen LogP contribution in [0.15, 0.2) is 17.1 Å². The van der Waals surface area contributed by atoms with Crippen molar-refractivity contribution < 1.29 is 48.8 Å². The fourth-order valence-corrected chi connectivity index (χ4v) is 2.18. The summed E-state index contributed by atoms with van der Waals surface area (Å²) in [6.07, 6.45) is 1.32. The number of nitrogens with one attached hydrogen (secondary N) is 1. The van der Waals surface area contributed by atoms with Gasteiger partial charge in [-0.15, -0.1) is 11.8 Å². The van der Waals surface area contributed by atoms with Crippen LogP contribution in [0, 0.1) is 44.1 Å². The molecule has 1 aromatic heterocycles. The summed E-state index contributed by atoms with van der Waals surface area (Å²) < 4.78 is 6.92. The molecule has 2 atom stereocenters. The van der Waals surface area contributed by atoms with Gasteiger partial charge in [0.2, 0.25) is 5.69 Å². The first-order valence-corrected chi connectivity index (χ1v) is 5.29. The van der Waals surface area contributed by atoms with Crippen LogP contribution in [0.3, 0.4) is 0 Å². The SMILES string of the molecule is CC1OC(n2ccc([NH-])nc2=O)CS1.[Ac]. The molecular formula is C8H10AcN3O2S-. The summed E-state index contributed by atoms with van der Waals surface area (Å²) in [5, 5.41) is 0. The van der Waals surface area contributed by atoms with Gasteiger partial charge in [0.15, 0.2) is 0 Å². The van der Waals surface area contributed by atoms with Crippen molar-refractivity contribution >= 4 is 17.6 Å². The Bertz CT molecular complexity index is 398. The molecule has 7 heteroatoms. The smallest absolute Gasteiger partial charge is 0.248 e. The predicted molar refractivity (Wildman–Crippen MR) is 54.5 cm³/mol. The first-order chi connectivity index (χ1) is 6.66. The van der Waals surface area contributed by atoms with Crippen molar-refractivity contribution in [3.05, 3.63) is 28.5 Å². The van der Waals surface area contributed by atoms with E-state index in [0.717, 1.165) is 5.75 Å². The number of hydrogen-bond donors (Lipinski definition) is 0. The van der Waals surface area contributed by atoms with E-state index in [2.05, 4.69) is 4.98 Å². The maximum absolute atomic E-state index is 11.4. The average Bonchev–Trinajstić information content (AvgIpc) is 2.51. The van der Waals surface area contributed by atoms with Gasteiger partial charge in [-0.1, -0.05) is 5.82 Å². The van der Waals surface area contributed by atoms with Gasteiger partial charge in [-0.3, -0.25) is 9.36 Å². The molecule has 2 unspecified atom stereocenters. The summed E-state index contributed by atoms with van der Waals surface area (Å²) in [6, 6.07) is 1.48. The van der Waals surface area contributed by atoms with Crippen molar-refractivity contribution in [3.63, 3.8) is 0 Å². The maximum atomic E-state index is 11.4. The standard InChI is InChI=1S/C8H11N3O2S.Ac/c1-5-13-7(4-14-5)11-3-2-6(9)10-8(11)12;/h2-3,5,7H,4H2,1H3,(H2,9,10,12);/p-1. The summed E-state index contributed by atoms with van der Waals surface area (Å²) in [5.74, 6) is 0.741. The van der Waals surface area contributed by atoms with Gasteiger partial charge >= 0.3 is 0 Å². The van der Waals surface area contributed by atoms with Gasteiger partial charge in [0, 0.05) is 56.0 Å². The van der Waals surface area contributed by atoms with Crippen molar-refractivity contribution in [3.8, 4) is 0 Å². The number of thioether (sulfide) groups is 1. The molecule has 1 N–H and O–H groups in total. The second kappa shape index (κ2) is 5.67. The summed E-state index contributed by atoms with van der Waals surface area (Å²) in [4.78, 5) is 14.9. The van der Waals surface area contributed by atoms with Crippen LogP contribution >= 0.6 is 11.8 Å². The van der Waals surface area contributed by atoms with Gasteiger partial charge in [-0.2, -0.15) is 0 Å². The summed E-state index contributed by atoms with van der Waals surface area (Å²) in [6.45, 7) is 1.95. The number of ether oxygens (including phenoxy) is 1. The van der Waals surface area contributed by atoms with Crippen LogP contribution in [-0.2, 0) is 4.74 Å². The van der Waals surface area contributed by atoms with Crippen LogP contribution in [0.1, 0.15) is 13.2 Å². The molecule has 0 bridgehead atoms. The molecule has 15 heavy (non-hydrogen) atoms. The second-order valence-corrected chi connectivity index (χ2v) is 4.32. The Labute approximate surface area is 127 Å². The second-order valence-electron chi connectivity index (χ2n) is 2.99. The van der Waals surface area contributed by atoms with Crippen LogP contribution in [0.4, 0.5) is 5.82 Å². The zero-order valence-corrected chi connectivity index (χ0v) is 13.8. The first kappa shape index (κ1) is 13.5. The Kier molecular flexibility index (Phi) is 5.10. The minimum atomic E-state index is -0.419. The topological polar surface area (TPSA) is 67.9 Å². The summed E-state index contributed by atoms with van der Waals surface area (Å²) in [5.41, 5.74) is 6.87. The van der Waals surface area contributed by atoms with E-state index < -0.39 is 5.69 Å². The van der Waals surface area contributed by atoms with E-state index >= 15 is 0 Å². The average molecular weight is 439 g/mol. The van der Waals surface area contributed by atoms with E-state index in [1.54, 1.807) is 18.0 Å². The molecule has 0 spiro atoms. The molecule has 0 aromatic carbocycles. The van der Waals surface area contributed by atoms with Crippen LogP contribution in [-0.4, -0.2) is 20.7 Å². The van der Waals surface area contributed by atoms with E-state index in [1.165, 1.54) is 10.6 Å². The van der Waals surface area contributed by atoms with Gasteiger partial charge < -0.3 is 15.5 Å². The molecule has 79 valence electrons. The maximum Gasteiger partial charge on any atom is 0.248 e. The fraction of sp³-hybridized carbons (Fsp3) is 0.500. The quantitative estimate of drug-likeness (QED) is 0.666. The van der Waals surface area contributed by atoms with E-state index in [-0.39, 0.29) is 61.5 Å². The third kappa shape index (κ3) is 3.19. The molecule has 1 aromatic rings. The number of hydrogen-bond acceptors (Lipinski definition) is 4. The molecule has 0 aliphatic carbocycles. The first-order valence-electron chi connectivity index (χ1n) is 4.24. The minimum Gasteiger partial charge on any atom is -0.482 e. The number of nitrogens with zero attached hydrogens (tertiary/aromatic N) is 2. The fourth-order valence-electron chi connectivity index (χ4n) is 1.30.